The van der Waals surface area contributed by atoms with Gasteiger partial charge in [-0.1, -0.05) is 13.8 Å². The lowest BCUT2D eigenvalue weighted by Gasteiger charge is -2.21. The Morgan fingerprint density at radius 3 is 2.53 bits per heavy atom. The minimum Gasteiger partial charge on any atom is -0.342 e. The summed E-state index contributed by atoms with van der Waals surface area (Å²) >= 11 is 0. The van der Waals surface area contributed by atoms with Gasteiger partial charge in [-0.3, -0.25) is 4.79 Å². The lowest BCUT2D eigenvalue weighted by Crippen LogP contribution is -2.31. The SMILES string of the molecule is CCN(CC)CCCN1CC(CS(=O)(=O)F)CC1=O. The summed E-state index contributed by atoms with van der Waals surface area (Å²) in [4.78, 5) is 15.6. The van der Waals surface area contributed by atoms with Gasteiger partial charge in [0.2, 0.25) is 5.91 Å². The average Bonchev–Trinajstić information content (AvgIpc) is 2.62. The molecule has 1 atom stereocenters. The van der Waals surface area contributed by atoms with Gasteiger partial charge in [-0.15, -0.1) is 3.89 Å². The molecule has 19 heavy (non-hydrogen) atoms. The van der Waals surface area contributed by atoms with Gasteiger partial charge in [0.1, 0.15) is 0 Å². The van der Waals surface area contributed by atoms with Crippen LogP contribution >= 0.6 is 0 Å². The van der Waals surface area contributed by atoms with E-state index in [-0.39, 0.29) is 12.3 Å². The van der Waals surface area contributed by atoms with E-state index < -0.39 is 21.9 Å². The van der Waals surface area contributed by atoms with Gasteiger partial charge < -0.3 is 9.80 Å². The Balaban J connectivity index is 2.34. The second-order valence-electron chi connectivity index (χ2n) is 5.00. The van der Waals surface area contributed by atoms with Crippen molar-refractivity contribution in [1.82, 2.24) is 9.80 Å². The van der Waals surface area contributed by atoms with Gasteiger partial charge in [0.25, 0.3) is 0 Å². The van der Waals surface area contributed by atoms with E-state index in [1.54, 1.807) is 4.90 Å². The Bertz CT molecular complexity index is 396. The zero-order valence-corrected chi connectivity index (χ0v) is 12.5. The average molecular weight is 294 g/mol. The fraction of sp³-hybridized carbons (Fsp3) is 0.917. The molecule has 0 N–H and O–H groups in total. The Labute approximate surface area is 115 Å². The van der Waals surface area contributed by atoms with Crippen molar-refractivity contribution >= 4 is 16.1 Å². The molecule has 1 amide bonds. The summed E-state index contributed by atoms with van der Waals surface area (Å²) in [5.41, 5.74) is 0. The molecule has 0 bridgehead atoms. The molecule has 1 saturated heterocycles. The Kier molecular flexibility index (Phi) is 6.19. The van der Waals surface area contributed by atoms with Crippen LogP contribution in [0.4, 0.5) is 3.89 Å². The molecule has 1 rings (SSSR count). The maximum atomic E-state index is 12.6. The van der Waals surface area contributed by atoms with E-state index >= 15 is 0 Å². The van der Waals surface area contributed by atoms with Crippen molar-refractivity contribution in [3.8, 4) is 0 Å². The van der Waals surface area contributed by atoms with Crippen LogP contribution in [0.2, 0.25) is 0 Å². The third kappa shape index (κ3) is 5.86. The van der Waals surface area contributed by atoms with Gasteiger partial charge in [-0.25, -0.2) is 0 Å². The van der Waals surface area contributed by atoms with Crippen LogP contribution in [0.3, 0.4) is 0 Å². The van der Waals surface area contributed by atoms with Crippen molar-refractivity contribution in [3.63, 3.8) is 0 Å². The second kappa shape index (κ2) is 7.19. The Hall–Kier alpha value is -0.690. The highest BCUT2D eigenvalue weighted by atomic mass is 32.3. The molecule has 1 aliphatic heterocycles. The number of halogens is 1. The largest absolute Gasteiger partial charge is 0.342 e. The van der Waals surface area contributed by atoms with Crippen molar-refractivity contribution in [1.29, 1.82) is 0 Å². The van der Waals surface area contributed by atoms with E-state index in [0.29, 0.717) is 13.1 Å². The number of amides is 1. The predicted octanol–water partition coefficient (Wildman–Crippen LogP) is 0.866. The highest BCUT2D eigenvalue weighted by Gasteiger charge is 2.32. The van der Waals surface area contributed by atoms with Gasteiger partial charge in [0.05, 0.1) is 5.75 Å². The molecule has 0 radical (unpaired) electrons. The van der Waals surface area contributed by atoms with Gasteiger partial charge >= 0.3 is 10.2 Å². The van der Waals surface area contributed by atoms with E-state index in [0.717, 1.165) is 26.1 Å². The first kappa shape index (κ1) is 16.4. The molecule has 1 aliphatic rings. The minimum absolute atomic E-state index is 0.0619. The number of nitrogens with zero attached hydrogens (tertiary/aromatic N) is 2. The lowest BCUT2D eigenvalue weighted by molar-refractivity contribution is -0.127. The van der Waals surface area contributed by atoms with E-state index in [2.05, 4.69) is 18.7 Å². The minimum atomic E-state index is -4.48. The van der Waals surface area contributed by atoms with Crippen LogP contribution in [0.1, 0.15) is 26.7 Å². The molecule has 0 aromatic heterocycles. The van der Waals surface area contributed by atoms with E-state index in [1.807, 2.05) is 0 Å². The van der Waals surface area contributed by atoms with Gasteiger partial charge in [-0.2, -0.15) is 8.42 Å². The van der Waals surface area contributed by atoms with Crippen molar-refractivity contribution in [2.45, 2.75) is 26.7 Å². The molecular weight excluding hydrogens is 271 g/mol. The molecule has 0 spiro atoms. The van der Waals surface area contributed by atoms with E-state index in [9.17, 15) is 17.1 Å². The van der Waals surface area contributed by atoms with Crippen molar-refractivity contribution in [2.75, 3.05) is 38.5 Å². The van der Waals surface area contributed by atoms with Crippen LogP contribution in [-0.2, 0) is 15.0 Å². The van der Waals surface area contributed by atoms with Gasteiger partial charge in [0.15, 0.2) is 0 Å². The number of carbonyl (C=O) groups is 1. The molecule has 0 aromatic rings. The van der Waals surface area contributed by atoms with E-state index in [1.165, 1.54) is 0 Å². The molecule has 1 unspecified atom stereocenters. The maximum absolute atomic E-state index is 12.6. The smallest absolute Gasteiger partial charge is 0.302 e. The standard InChI is InChI=1S/C12H23FN2O3S/c1-3-14(4-2)6-5-7-15-9-11(8-12(15)16)10-19(13,17)18/h11H,3-10H2,1-2H3. The highest BCUT2D eigenvalue weighted by molar-refractivity contribution is 7.86. The zero-order valence-electron chi connectivity index (χ0n) is 11.6. The summed E-state index contributed by atoms with van der Waals surface area (Å²) in [6.45, 7) is 8.04. The first-order chi connectivity index (χ1) is 8.85. The molecule has 0 aliphatic carbocycles. The van der Waals surface area contributed by atoms with Gasteiger partial charge in [-0.05, 0) is 26.1 Å². The van der Waals surface area contributed by atoms with Crippen molar-refractivity contribution < 1.29 is 17.1 Å². The van der Waals surface area contributed by atoms with Gasteiger partial charge in [0, 0.05) is 25.4 Å². The predicted molar refractivity (Wildman–Crippen MR) is 72.0 cm³/mol. The normalized spacial score (nSPS) is 20.5. The van der Waals surface area contributed by atoms with Crippen LogP contribution in [-0.4, -0.2) is 62.6 Å². The summed E-state index contributed by atoms with van der Waals surface area (Å²) in [5, 5.41) is 0. The maximum Gasteiger partial charge on any atom is 0.302 e. The van der Waals surface area contributed by atoms with Crippen molar-refractivity contribution in [3.05, 3.63) is 0 Å². The quantitative estimate of drug-likeness (QED) is 0.623. The fourth-order valence-corrected chi connectivity index (χ4v) is 3.27. The first-order valence-electron chi connectivity index (χ1n) is 6.78. The molecule has 7 heteroatoms. The molecule has 1 fully saturated rings. The first-order valence-corrected chi connectivity index (χ1v) is 8.33. The number of hydrogen-bond acceptors (Lipinski definition) is 4. The lowest BCUT2D eigenvalue weighted by atomic mass is 10.1. The summed E-state index contributed by atoms with van der Waals surface area (Å²) < 4.78 is 33.7. The molecule has 1 heterocycles. The highest BCUT2D eigenvalue weighted by Crippen LogP contribution is 2.20. The summed E-state index contributed by atoms with van der Waals surface area (Å²) in [6.07, 6.45) is 1.01. The Morgan fingerprint density at radius 1 is 1.37 bits per heavy atom. The number of hydrogen-bond donors (Lipinski definition) is 0. The number of carbonyl (C=O) groups excluding carboxylic acids is 1. The summed E-state index contributed by atoms with van der Waals surface area (Å²) in [5.74, 6) is -0.991. The summed E-state index contributed by atoms with van der Waals surface area (Å²) in [6, 6.07) is 0. The summed E-state index contributed by atoms with van der Waals surface area (Å²) in [7, 11) is -4.48. The van der Waals surface area contributed by atoms with Crippen LogP contribution in [0, 0.1) is 5.92 Å². The fourth-order valence-electron chi connectivity index (χ4n) is 2.49. The topological polar surface area (TPSA) is 57.7 Å². The molecule has 0 saturated carbocycles. The third-order valence-electron chi connectivity index (χ3n) is 3.53. The van der Waals surface area contributed by atoms with Crippen molar-refractivity contribution in [2.24, 2.45) is 5.92 Å². The Morgan fingerprint density at radius 2 is 2.00 bits per heavy atom. The second-order valence-corrected chi connectivity index (χ2v) is 6.41. The molecule has 5 nitrogen and oxygen atoms in total. The van der Waals surface area contributed by atoms with E-state index in [4.69, 9.17) is 0 Å². The number of rotatable bonds is 8. The zero-order chi connectivity index (χ0) is 14.5. The monoisotopic (exact) mass is 294 g/mol. The van der Waals surface area contributed by atoms with Crippen LogP contribution in [0.5, 0.6) is 0 Å². The van der Waals surface area contributed by atoms with Crippen LogP contribution < -0.4 is 0 Å². The third-order valence-corrected chi connectivity index (χ3v) is 4.40. The van der Waals surface area contributed by atoms with Crippen LogP contribution in [0.25, 0.3) is 0 Å². The molecule has 0 aromatic carbocycles. The molecular formula is C12H23FN2O3S. The number of likely N-dealkylation sites (tertiary alicyclic amines) is 1. The van der Waals surface area contributed by atoms with Crippen LogP contribution in [0.15, 0.2) is 0 Å². The molecule has 112 valence electrons.